The van der Waals surface area contributed by atoms with E-state index in [0.717, 1.165) is 18.4 Å². The molecule has 1 rings (SSSR count). The highest BCUT2D eigenvalue weighted by atomic mass is 16.4. The van der Waals surface area contributed by atoms with E-state index < -0.39 is 5.97 Å². The minimum atomic E-state index is -0.981. The summed E-state index contributed by atoms with van der Waals surface area (Å²) in [5.74, 6) is -1.07. The van der Waals surface area contributed by atoms with Gasteiger partial charge in [-0.25, -0.2) is 4.79 Å². The monoisotopic (exact) mass is 431 g/mol. The van der Waals surface area contributed by atoms with E-state index in [4.69, 9.17) is 5.11 Å². The summed E-state index contributed by atoms with van der Waals surface area (Å²) in [6.45, 7) is 6.09. The first-order valence-corrected chi connectivity index (χ1v) is 12.6. The zero-order valence-electron chi connectivity index (χ0n) is 20.2. The molecule has 0 spiro atoms. The standard InChI is InChI=1S/C27H45NO3/c1-4-5-6-7-8-9-10-11-12-13-14-15-16-17-18-23(3)26(29)28-25-21-24(27(30)31)20-19-22(25)2/h19-21,23H,4-18H2,1-3H3,(H,28,29)(H,30,31). The van der Waals surface area contributed by atoms with Gasteiger partial charge in [-0.15, -0.1) is 0 Å². The Labute approximate surface area is 190 Å². The van der Waals surface area contributed by atoms with Gasteiger partial charge in [0.05, 0.1) is 5.56 Å². The second-order valence-corrected chi connectivity index (χ2v) is 9.11. The summed E-state index contributed by atoms with van der Waals surface area (Å²) in [6.07, 6.45) is 19.5. The number of aromatic carboxylic acids is 1. The maximum Gasteiger partial charge on any atom is 0.335 e. The van der Waals surface area contributed by atoms with Crippen molar-refractivity contribution in [2.24, 2.45) is 5.92 Å². The molecule has 176 valence electrons. The molecule has 4 heteroatoms. The van der Waals surface area contributed by atoms with Crippen molar-refractivity contribution in [2.75, 3.05) is 5.32 Å². The number of amides is 1. The lowest BCUT2D eigenvalue weighted by Crippen LogP contribution is -2.21. The van der Waals surface area contributed by atoms with E-state index in [1.165, 1.54) is 89.5 Å². The van der Waals surface area contributed by atoms with Gasteiger partial charge in [-0.05, 0) is 31.0 Å². The third kappa shape index (κ3) is 12.6. The van der Waals surface area contributed by atoms with Crippen molar-refractivity contribution in [2.45, 2.75) is 117 Å². The van der Waals surface area contributed by atoms with Crippen LogP contribution >= 0.6 is 0 Å². The fourth-order valence-corrected chi connectivity index (χ4v) is 3.92. The Bertz CT molecular complexity index is 641. The van der Waals surface area contributed by atoms with Crippen LogP contribution in [0.5, 0.6) is 0 Å². The van der Waals surface area contributed by atoms with Crippen molar-refractivity contribution in [3.05, 3.63) is 29.3 Å². The van der Waals surface area contributed by atoms with Crippen LogP contribution in [0.15, 0.2) is 18.2 Å². The van der Waals surface area contributed by atoms with Crippen molar-refractivity contribution in [1.29, 1.82) is 0 Å². The van der Waals surface area contributed by atoms with Crippen molar-refractivity contribution >= 4 is 17.6 Å². The van der Waals surface area contributed by atoms with Gasteiger partial charge >= 0.3 is 5.97 Å². The summed E-state index contributed by atoms with van der Waals surface area (Å²) in [4.78, 5) is 23.6. The van der Waals surface area contributed by atoms with Crippen LogP contribution in [0.25, 0.3) is 0 Å². The molecule has 0 heterocycles. The highest BCUT2D eigenvalue weighted by Gasteiger charge is 2.15. The molecule has 0 saturated carbocycles. The summed E-state index contributed by atoms with van der Waals surface area (Å²) >= 11 is 0. The Hall–Kier alpha value is -1.84. The molecule has 0 aliphatic heterocycles. The van der Waals surface area contributed by atoms with Crippen LogP contribution in [0.2, 0.25) is 0 Å². The number of anilines is 1. The largest absolute Gasteiger partial charge is 0.478 e. The zero-order valence-corrected chi connectivity index (χ0v) is 20.2. The fraction of sp³-hybridized carbons (Fsp3) is 0.704. The molecular formula is C27H45NO3. The van der Waals surface area contributed by atoms with E-state index in [1.807, 2.05) is 13.8 Å². The Morgan fingerprint density at radius 3 is 1.81 bits per heavy atom. The zero-order chi connectivity index (χ0) is 22.9. The number of benzene rings is 1. The van der Waals surface area contributed by atoms with E-state index >= 15 is 0 Å². The molecule has 0 fully saturated rings. The van der Waals surface area contributed by atoms with Crippen LogP contribution in [0, 0.1) is 12.8 Å². The predicted octanol–water partition coefficient (Wildman–Crippen LogP) is 8.14. The maximum absolute atomic E-state index is 12.5. The van der Waals surface area contributed by atoms with Crippen LogP contribution in [0.3, 0.4) is 0 Å². The fourth-order valence-electron chi connectivity index (χ4n) is 3.92. The topological polar surface area (TPSA) is 66.4 Å². The minimum absolute atomic E-state index is 0.0275. The van der Waals surface area contributed by atoms with Gasteiger partial charge < -0.3 is 10.4 Å². The Morgan fingerprint density at radius 2 is 1.32 bits per heavy atom. The molecule has 0 aliphatic rings. The number of hydrogen-bond acceptors (Lipinski definition) is 2. The van der Waals surface area contributed by atoms with Gasteiger partial charge in [0.1, 0.15) is 0 Å². The van der Waals surface area contributed by atoms with E-state index in [0.29, 0.717) is 5.69 Å². The molecule has 1 atom stereocenters. The molecule has 0 aliphatic carbocycles. The number of carbonyl (C=O) groups excluding carboxylic acids is 1. The van der Waals surface area contributed by atoms with Gasteiger partial charge in [-0.2, -0.15) is 0 Å². The lowest BCUT2D eigenvalue weighted by atomic mass is 10.00. The Balaban J connectivity index is 2.06. The van der Waals surface area contributed by atoms with Crippen LogP contribution in [-0.2, 0) is 4.79 Å². The molecule has 2 N–H and O–H groups in total. The number of unbranched alkanes of at least 4 members (excludes halogenated alkanes) is 13. The molecule has 0 bridgehead atoms. The summed E-state index contributed by atoms with van der Waals surface area (Å²) < 4.78 is 0. The average Bonchev–Trinajstić information content (AvgIpc) is 2.75. The minimum Gasteiger partial charge on any atom is -0.478 e. The first kappa shape index (κ1) is 27.2. The van der Waals surface area contributed by atoms with Gasteiger partial charge in [-0.3, -0.25) is 4.79 Å². The number of carboxylic acid groups (broad SMARTS) is 1. The quantitative estimate of drug-likeness (QED) is 0.230. The third-order valence-electron chi connectivity index (χ3n) is 6.18. The van der Waals surface area contributed by atoms with Crippen molar-refractivity contribution < 1.29 is 14.7 Å². The Morgan fingerprint density at radius 1 is 0.839 bits per heavy atom. The molecule has 31 heavy (non-hydrogen) atoms. The van der Waals surface area contributed by atoms with E-state index in [1.54, 1.807) is 12.1 Å². The first-order valence-electron chi connectivity index (χ1n) is 12.6. The first-order chi connectivity index (χ1) is 15.0. The van der Waals surface area contributed by atoms with Crippen LogP contribution in [0.1, 0.15) is 126 Å². The predicted molar refractivity (Wildman–Crippen MR) is 131 cm³/mol. The number of aryl methyl sites for hydroxylation is 1. The summed E-state index contributed by atoms with van der Waals surface area (Å²) in [6, 6.07) is 4.83. The summed E-state index contributed by atoms with van der Waals surface area (Å²) in [5.41, 5.74) is 1.67. The van der Waals surface area contributed by atoms with Crippen LogP contribution in [-0.4, -0.2) is 17.0 Å². The van der Waals surface area contributed by atoms with Crippen molar-refractivity contribution in [3.8, 4) is 0 Å². The maximum atomic E-state index is 12.5. The molecule has 1 aromatic carbocycles. The van der Waals surface area contributed by atoms with Gasteiger partial charge in [-0.1, -0.05) is 110 Å². The van der Waals surface area contributed by atoms with Crippen LogP contribution in [0.4, 0.5) is 5.69 Å². The second-order valence-electron chi connectivity index (χ2n) is 9.11. The lowest BCUT2D eigenvalue weighted by Gasteiger charge is -2.14. The number of carbonyl (C=O) groups is 2. The number of carboxylic acids is 1. The van der Waals surface area contributed by atoms with Crippen LogP contribution < -0.4 is 5.32 Å². The molecule has 0 aromatic heterocycles. The normalized spacial score (nSPS) is 12.0. The van der Waals surface area contributed by atoms with Crippen molar-refractivity contribution in [1.82, 2.24) is 0 Å². The van der Waals surface area contributed by atoms with Crippen molar-refractivity contribution in [3.63, 3.8) is 0 Å². The molecule has 0 radical (unpaired) electrons. The highest BCUT2D eigenvalue weighted by Crippen LogP contribution is 2.20. The Kier molecular flexibility index (Phi) is 14.7. The number of nitrogens with one attached hydrogen (secondary N) is 1. The van der Waals surface area contributed by atoms with Gasteiger partial charge in [0.2, 0.25) is 5.91 Å². The van der Waals surface area contributed by atoms with Gasteiger partial charge in [0.15, 0.2) is 0 Å². The summed E-state index contributed by atoms with van der Waals surface area (Å²) in [5, 5.41) is 12.0. The summed E-state index contributed by atoms with van der Waals surface area (Å²) in [7, 11) is 0. The highest BCUT2D eigenvalue weighted by molar-refractivity contribution is 5.95. The molecule has 4 nitrogen and oxygen atoms in total. The molecule has 1 unspecified atom stereocenters. The van der Waals surface area contributed by atoms with Gasteiger partial charge in [0, 0.05) is 11.6 Å². The van der Waals surface area contributed by atoms with Gasteiger partial charge in [0.25, 0.3) is 0 Å². The smallest absolute Gasteiger partial charge is 0.335 e. The second kappa shape index (κ2) is 16.8. The van der Waals surface area contributed by atoms with E-state index in [-0.39, 0.29) is 17.4 Å². The third-order valence-corrected chi connectivity index (χ3v) is 6.18. The SMILES string of the molecule is CCCCCCCCCCCCCCCCC(C)C(=O)Nc1cc(C(=O)O)ccc1C. The lowest BCUT2D eigenvalue weighted by molar-refractivity contribution is -0.119. The molecule has 1 amide bonds. The van der Waals surface area contributed by atoms with E-state index in [9.17, 15) is 9.59 Å². The average molecular weight is 432 g/mol. The molecule has 1 aromatic rings. The van der Waals surface area contributed by atoms with E-state index in [2.05, 4.69) is 12.2 Å². The number of hydrogen-bond donors (Lipinski definition) is 2. The molecular weight excluding hydrogens is 386 g/mol. The molecule has 0 saturated heterocycles. The number of rotatable bonds is 18.